The fraction of sp³-hybridized carbons (Fsp3) is 0.481. The van der Waals surface area contributed by atoms with Crippen molar-refractivity contribution in [2.24, 2.45) is 0 Å². The molecular formula is C27H38N4O3. The van der Waals surface area contributed by atoms with E-state index >= 15 is 0 Å². The molecule has 184 valence electrons. The van der Waals surface area contributed by atoms with Gasteiger partial charge in [0.15, 0.2) is 6.17 Å². The van der Waals surface area contributed by atoms with E-state index in [0.29, 0.717) is 23.0 Å². The Bertz CT molecular complexity index is 1010. The molecular weight excluding hydrogens is 428 g/mol. The Morgan fingerprint density at radius 3 is 2.26 bits per heavy atom. The summed E-state index contributed by atoms with van der Waals surface area (Å²) in [7, 11) is 0. The SMILES string of the molecule is CCCCCCCN1C(=O)N(c2ccccc2C)[C@H](N(O)C(=O)Nc2ccccc2C)C1(C)C. The first-order valence-electron chi connectivity index (χ1n) is 12.2. The summed E-state index contributed by atoms with van der Waals surface area (Å²) in [6, 6.07) is 14.1. The highest BCUT2D eigenvalue weighted by molar-refractivity contribution is 5.98. The van der Waals surface area contributed by atoms with E-state index in [1.54, 1.807) is 15.9 Å². The number of amides is 4. The number of nitrogens with zero attached hydrogens (tertiary/aromatic N) is 3. The molecule has 1 saturated heterocycles. The predicted octanol–water partition coefficient (Wildman–Crippen LogP) is 6.54. The number of benzene rings is 2. The third-order valence-electron chi connectivity index (χ3n) is 6.70. The molecule has 0 radical (unpaired) electrons. The third kappa shape index (κ3) is 5.20. The molecule has 34 heavy (non-hydrogen) atoms. The van der Waals surface area contributed by atoms with Gasteiger partial charge in [-0.25, -0.2) is 9.59 Å². The molecule has 4 amide bonds. The molecule has 0 bridgehead atoms. The topological polar surface area (TPSA) is 76.1 Å². The van der Waals surface area contributed by atoms with Gasteiger partial charge in [-0.05, 0) is 57.4 Å². The molecule has 1 fully saturated rings. The van der Waals surface area contributed by atoms with E-state index < -0.39 is 17.7 Å². The summed E-state index contributed by atoms with van der Waals surface area (Å²) in [4.78, 5) is 30.2. The van der Waals surface area contributed by atoms with Gasteiger partial charge in [-0.2, -0.15) is 5.06 Å². The minimum Gasteiger partial charge on any atom is -0.315 e. The molecule has 2 aromatic carbocycles. The second-order valence-corrected chi connectivity index (χ2v) is 9.62. The molecule has 7 nitrogen and oxygen atoms in total. The van der Waals surface area contributed by atoms with Gasteiger partial charge in [0.05, 0.1) is 11.2 Å². The van der Waals surface area contributed by atoms with Crippen LogP contribution in [0.1, 0.15) is 64.0 Å². The zero-order valence-electron chi connectivity index (χ0n) is 21.0. The van der Waals surface area contributed by atoms with Crippen molar-refractivity contribution in [3.05, 3.63) is 59.7 Å². The van der Waals surface area contributed by atoms with Gasteiger partial charge in [-0.1, -0.05) is 69.0 Å². The number of hydrogen-bond donors (Lipinski definition) is 2. The molecule has 7 heteroatoms. The number of hydrogen-bond acceptors (Lipinski definition) is 3. The van der Waals surface area contributed by atoms with E-state index in [2.05, 4.69) is 12.2 Å². The maximum absolute atomic E-state index is 13.7. The molecule has 3 rings (SSSR count). The van der Waals surface area contributed by atoms with Gasteiger partial charge in [0.2, 0.25) is 0 Å². The minimum atomic E-state index is -0.902. The standard InChI is InChI=1S/C27H38N4O3/c1-6-7-8-9-14-19-29-26(33)30(23-18-13-11-16-21(23)3)24(27(29,4)5)31(34)25(32)28-22-17-12-10-15-20(22)2/h10-13,15-18,24,34H,6-9,14,19H2,1-5H3,(H,28,32)/t24-/m1/s1. The summed E-state index contributed by atoms with van der Waals surface area (Å²) in [5, 5.41) is 14.7. The quantitative estimate of drug-likeness (QED) is 0.250. The van der Waals surface area contributed by atoms with Crippen LogP contribution in [0.5, 0.6) is 0 Å². The summed E-state index contributed by atoms with van der Waals surface area (Å²) in [5.74, 6) is 0. The van der Waals surface area contributed by atoms with Gasteiger partial charge in [0.25, 0.3) is 0 Å². The molecule has 2 N–H and O–H groups in total. The maximum Gasteiger partial charge on any atom is 0.347 e. The number of unbranched alkanes of at least 4 members (excludes halogenated alkanes) is 4. The number of anilines is 2. The number of rotatable bonds is 9. The summed E-state index contributed by atoms with van der Waals surface area (Å²) in [6.45, 7) is 10.4. The Morgan fingerprint density at radius 1 is 1.00 bits per heavy atom. The number of nitrogens with one attached hydrogen (secondary N) is 1. The number of aryl methyl sites for hydroxylation is 2. The van der Waals surface area contributed by atoms with Crippen LogP contribution < -0.4 is 10.2 Å². The van der Waals surface area contributed by atoms with Gasteiger partial charge in [0.1, 0.15) is 0 Å². The van der Waals surface area contributed by atoms with Crippen molar-refractivity contribution in [2.45, 2.75) is 78.4 Å². The Kier molecular flexibility index (Phi) is 8.20. The Labute approximate surface area is 203 Å². The van der Waals surface area contributed by atoms with Crippen LogP contribution in [0, 0.1) is 13.8 Å². The van der Waals surface area contributed by atoms with Gasteiger partial charge in [0, 0.05) is 12.2 Å². The van der Waals surface area contributed by atoms with Gasteiger partial charge in [-0.3, -0.25) is 10.1 Å². The van der Waals surface area contributed by atoms with Crippen LogP contribution in [0.15, 0.2) is 48.5 Å². The molecule has 1 heterocycles. The van der Waals surface area contributed by atoms with Crippen molar-refractivity contribution in [1.82, 2.24) is 9.96 Å². The van der Waals surface area contributed by atoms with Crippen molar-refractivity contribution < 1.29 is 14.8 Å². The molecule has 0 aromatic heterocycles. The highest BCUT2D eigenvalue weighted by Crippen LogP contribution is 2.39. The van der Waals surface area contributed by atoms with Crippen LogP contribution in [0.3, 0.4) is 0 Å². The highest BCUT2D eigenvalue weighted by Gasteiger charge is 2.56. The second-order valence-electron chi connectivity index (χ2n) is 9.62. The zero-order valence-corrected chi connectivity index (χ0v) is 21.0. The van der Waals surface area contributed by atoms with E-state index in [-0.39, 0.29) is 6.03 Å². The first-order chi connectivity index (χ1) is 16.2. The maximum atomic E-state index is 13.7. The Morgan fingerprint density at radius 2 is 1.62 bits per heavy atom. The first-order valence-corrected chi connectivity index (χ1v) is 12.2. The molecule has 0 saturated carbocycles. The van der Waals surface area contributed by atoms with Crippen LogP contribution in [-0.4, -0.2) is 45.5 Å². The summed E-state index contributed by atoms with van der Waals surface area (Å²) in [5.41, 5.74) is 2.26. The van der Waals surface area contributed by atoms with Crippen LogP contribution >= 0.6 is 0 Å². The van der Waals surface area contributed by atoms with Crippen LogP contribution in [0.2, 0.25) is 0 Å². The number of para-hydroxylation sites is 2. The minimum absolute atomic E-state index is 0.206. The van der Waals surface area contributed by atoms with Crippen LogP contribution in [-0.2, 0) is 0 Å². The van der Waals surface area contributed by atoms with Crippen LogP contribution in [0.4, 0.5) is 21.0 Å². The summed E-state index contributed by atoms with van der Waals surface area (Å²) in [6.07, 6.45) is 4.49. The predicted molar refractivity (Wildman–Crippen MR) is 136 cm³/mol. The molecule has 0 unspecified atom stereocenters. The molecule has 0 aliphatic carbocycles. The first kappa shape index (κ1) is 25.6. The average Bonchev–Trinajstić information content (AvgIpc) is 3.00. The lowest BCUT2D eigenvalue weighted by molar-refractivity contribution is -0.0949. The summed E-state index contributed by atoms with van der Waals surface area (Å²) >= 11 is 0. The van der Waals surface area contributed by atoms with E-state index in [4.69, 9.17) is 0 Å². The van der Waals surface area contributed by atoms with Crippen molar-refractivity contribution in [2.75, 3.05) is 16.8 Å². The number of carbonyl (C=O) groups excluding carboxylic acids is 2. The molecule has 2 aromatic rings. The third-order valence-corrected chi connectivity index (χ3v) is 6.70. The lowest BCUT2D eigenvalue weighted by Crippen LogP contribution is -2.58. The molecule has 0 spiro atoms. The van der Waals surface area contributed by atoms with E-state index in [9.17, 15) is 14.8 Å². The fourth-order valence-corrected chi connectivity index (χ4v) is 4.67. The van der Waals surface area contributed by atoms with Crippen molar-refractivity contribution in [3.8, 4) is 0 Å². The smallest absolute Gasteiger partial charge is 0.315 e. The van der Waals surface area contributed by atoms with Crippen molar-refractivity contribution >= 4 is 23.4 Å². The summed E-state index contributed by atoms with van der Waals surface area (Å²) < 4.78 is 0. The second kappa shape index (κ2) is 10.9. The van der Waals surface area contributed by atoms with Crippen molar-refractivity contribution in [1.29, 1.82) is 0 Å². The van der Waals surface area contributed by atoms with Crippen LogP contribution in [0.25, 0.3) is 0 Å². The number of hydroxylamine groups is 2. The molecule has 1 aliphatic rings. The molecule has 1 atom stereocenters. The monoisotopic (exact) mass is 466 g/mol. The zero-order chi connectivity index (χ0) is 24.9. The fourth-order valence-electron chi connectivity index (χ4n) is 4.67. The average molecular weight is 467 g/mol. The largest absolute Gasteiger partial charge is 0.347 e. The molecule has 1 aliphatic heterocycles. The Balaban J connectivity index is 1.91. The lowest BCUT2D eigenvalue weighted by atomic mass is 9.99. The van der Waals surface area contributed by atoms with Gasteiger partial charge >= 0.3 is 12.1 Å². The van der Waals surface area contributed by atoms with E-state index in [1.165, 1.54) is 6.42 Å². The normalized spacial score (nSPS) is 17.2. The van der Waals surface area contributed by atoms with E-state index in [1.807, 2.05) is 70.2 Å². The Hall–Kier alpha value is -3.06. The number of urea groups is 2. The van der Waals surface area contributed by atoms with Crippen molar-refractivity contribution in [3.63, 3.8) is 0 Å². The lowest BCUT2D eigenvalue weighted by Gasteiger charge is -2.38. The number of carbonyl (C=O) groups is 2. The van der Waals surface area contributed by atoms with Gasteiger partial charge in [-0.15, -0.1) is 0 Å². The highest BCUT2D eigenvalue weighted by atomic mass is 16.5. The van der Waals surface area contributed by atoms with E-state index in [0.717, 1.165) is 36.8 Å². The van der Waals surface area contributed by atoms with Gasteiger partial charge < -0.3 is 10.2 Å².